The fourth-order valence-electron chi connectivity index (χ4n) is 5.46. The van der Waals surface area contributed by atoms with Gasteiger partial charge in [0.2, 0.25) is 0 Å². The number of phosphoric acid groups is 1. The second-order valence-electron chi connectivity index (χ2n) is 10.1. The van der Waals surface area contributed by atoms with Crippen LogP contribution < -0.4 is 21.8 Å². The lowest BCUT2D eigenvalue weighted by Crippen LogP contribution is -2.27. The molecular formula is C25H23F3N7O6P. The number of halogens is 3. The van der Waals surface area contributed by atoms with E-state index >= 15 is 4.39 Å². The lowest BCUT2D eigenvalue weighted by molar-refractivity contribution is -0.0506. The van der Waals surface area contributed by atoms with Gasteiger partial charge < -0.3 is 14.5 Å². The molecule has 1 aliphatic carbocycles. The van der Waals surface area contributed by atoms with Crippen LogP contribution in [-0.2, 0) is 23.9 Å². The minimum Gasteiger partial charge on any atom is -0.434 e. The summed E-state index contributed by atoms with van der Waals surface area (Å²) in [7, 11) is -4.30. The van der Waals surface area contributed by atoms with Crippen LogP contribution in [0.4, 0.5) is 13.2 Å². The van der Waals surface area contributed by atoms with Crippen molar-refractivity contribution in [3.8, 4) is 16.9 Å². The van der Waals surface area contributed by atoms with Crippen molar-refractivity contribution < 1.29 is 41.0 Å². The highest BCUT2D eigenvalue weighted by molar-refractivity contribution is 7.48. The highest BCUT2D eigenvalue weighted by Gasteiger charge is 2.44. The van der Waals surface area contributed by atoms with Crippen LogP contribution in [-0.4, -0.2) is 31.9 Å². The fraction of sp³-hybridized carbons (Fsp3) is 0.280. The van der Waals surface area contributed by atoms with Crippen LogP contribution >= 0.6 is 7.82 Å². The number of pyridine rings is 1. The van der Waals surface area contributed by atoms with Gasteiger partial charge in [0.25, 0.3) is 5.91 Å². The van der Waals surface area contributed by atoms with Crippen LogP contribution in [0.3, 0.4) is 0 Å². The van der Waals surface area contributed by atoms with E-state index in [4.69, 9.17) is 21.1 Å². The molecule has 0 saturated heterocycles. The Morgan fingerprint density at radius 3 is 2.55 bits per heavy atom. The van der Waals surface area contributed by atoms with E-state index < -0.39 is 43.7 Å². The number of benzene rings is 1. The third-order valence-electron chi connectivity index (χ3n) is 7.19. The topological polar surface area (TPSA) is 178 Å². The van der Waals surface area contributed by atoms with E-state index in [2.05, 4.69) is 29.5 Å². The first-order chi connectivity index (χ1) is 19.9. The second-order valence-corrected chi connectivity index (χ2v) is 11.6. The van der Waals surface area contributed by atoms with E-state index in [0.29, 0.717) is 23.4 Å². The monoisotopic (exact) mass is 605 g/mol. The summed E-state index contributed by atoms with van der Waals surface area (Å²) >= 11 is 0. The molecule has 13 nitrogen and oxygen atoms in total. The molecule has 0 radical (unpaired) electrons. The Kier molecular flexibility index (Phi) is 6.79. The van der Waals surface area contributed by atoms with Crippen molar-refractivity contribution in [1.29, 1.82) is 0 Å². The van der Waals surface area contributed by atoms with Crippen LogP contribution in [0.15, 0.2) is 42.9 Å². The minimum absolute atomic E-state index is 0.0366. The lowest BCUT2D eigenvalue weighted by Gasteiger charge is -2.25. The summed E-state index contributed by atoms with van der Waals surface area (Å²) in [5.74, 6) is 8.20. The average Bonchev–Trinajstić information content (AvgIpc) is 3.43. The van der Waals surface area contributed by atoms with E-state index in [0.717, 1.165) is 0 Å². The molecule has 2 aliphatic rings. The van der Waals surface area contributed by atoms with Crippen molar-refractivity contribution in [2.45, 2.75) is 44.4 Å². The molecule has 2 bridgehead atoms. The molecule has 0 saturated carbocycles. The number of fused-ring (bicyclic) bond motifs is 9. The number of carbonyl (C=O) groups excluding carboxylic acids is 1. The van der Waals surface area contributed by atoms with Gasteiger partial charge in [-0.3, -0.25) is 9.32 Å². The summed E-state index contributed by atoms with van der Waals surface area (Å²) in [6.45, 7) is -0.160. The van der Waals surface area contributed by atoms with Crippen molar-refractivity contribution in [2.24, 2.45) is 11.8 Å². The Balaban J connectivity index is 1.43. The molecule has 0 fully saturated rings. The molecule has 220 valence electrons. The summed E-state index contributed by atoms with van der Waals surface area (Å²) in [5.41, 5.74) is 0.824. The van der Waals surface area contributed by atoms with E-state index in [9.17, 15) is 18.1 Å². The summed E-state index contributed by atoms with van der Waals surface area (Å²) in [6, 6.07) is 5.09. The fourth-order valence-corrected chi connectivity index (χ4v) is 6.24. The highest BCUT2D eigenvalue weighted by Crippen LogP contribution is 2.52. The van der Waals surface area contributed by atoms with Gasteiger partial charge in [-0.1, -0.05) is 6.07 Å². The zero-order chi connectivity index (χ0) is 30.0. The van der Waals surface area contributed by atoms with Crippen molar-refractivity contribution in [1.82, 2.24) is 24.7 Å². The Morgan fingerprint density at radius 2 is 1.88 bits per heavy atom. The molecule has 1 aromatic carbocycles. The van der Waals surface area contributed by atoms with Gasteiger partial charge in [0.1, 0.15) is 22.8 Å². The van der Waals surface area contributed by atoms with Gasteiger partial charge in [-0.05, 0) is 32.4 Å². The van der Waals surface area contributed by atoms with Crippen LogP contribution in [0.25, 0.3) is 16.8 Å². The molecule has 0 unspecified atom stereocenters. The van der Waals surface area contributed by atoms with Crippen LogP contribution in [0.5, 0.6) is 5.75 Å². The predicted octanol–water partition coefficient (Wildman–Crippen LogP) is 3.99. The molecule has 2 atom stereocenters. The molecule has 4 aromatic rings. The van der Waals surface area contributed by atoms with Crippen LogP contribution in [0.1, 0.15) is 65.4 Å². The number of hydrogen-bond donors (Lipinski definition) is 3. The Morgan fingerprint density at radius 1 is 1.17 bits per heavy atom. The smallest absolute Gasteiger partial charge is 0.434 e. The van der Waals surface area contributed by atoms with Gasteiger partial charge in [0.05, 0.1) is 17.4 Å². The molecule has 1 aliphatic heterocycles. The average molecular weight is 605 g/mol. The first kappa shape index (κ1) is 28.2. The molecule has 17 heteroatoms. The zero-order valence-electron chi connectivity index (χ0n) is 22.0. The standard InChI is InChI=1S/C25H23F3N7O6P/c1-25(2,39-42(37,40-29)41-30)23-31-8-11(9-32-23)14-10-35-18(7-15(14)26)34-20-16-6-13(21(20)35)19-12(22(36)33-16)4-3-5-17(19)38-24(27)28/h3-5,7-10,13,16,24H,6,29-30H2,1-2H3,(H,33,36)/t13-,16+/m1/s1. The summed E-state index contributed by atoms with van der Waals surface area (Å²) in [5, 5.41) is 2.89. The number of ether oxygens (including phenoxy) is 1. The van der Waals surface area contributed by atoms with Gasteiger partial charge in [-0.15, -0.1) is 0 Å². The Bertz CT molecular complexity index is 1760. The number of hydrogen-bond acceptors (Lipinski definition) is 11. The molecule has 4 heterocycles. The minimum atomic E-state index is -4.30. The Hall–Kier alpha value is -3.92. The van der Waals surface area contributed by atoms with Crippen molar-refractivity contribution in [3.63, 3.8) is 0 Å². The summed E-state index contributed by atoms with van der Waals surface area (Å²) in [4.78, 5) is 26.0. The van der Waals surface area contributed by atoms with E-state index in [1.165, 1.54) is 50.6 Å². The van der Waals surface area contributed by atoms with Crippen molar-refractivity contribution >= 4 is 19.4 Å². The van der Waals surface area contributed by atoms with Gasteiger partial charge >= 0.3 is 14.4 Å². The van der Waals surface area contributed by atoms with E-state index in [1.54, 1.807) is 10.5 Å². The number of nitrogens with one attached hydrogen (secondary N) is 1. The van der Waals surface area contributed by atoms with Crippen molar-refractivity contribution in [3.05, 3.63) is 77.0 Å². The van der Waals surface area contributed by atoms with Crippen LogP contribution in [0, 0.1) is 5.82 Å². The van der Waals surface area contributed by atoms with Gasteiger partial charge in [0.15, 0.2) is 5.82 Å². The predicted molar refractivity (Wildman–Crippen MR) is 138 cm³/mol. The third kappa shape index (κ3) is 4.62. The highest BCUT2D eigenvalue weighted by atomic mass is 31.2. The van der Waals surface area contributed by atoms with E-state index in [-0.39, 0.29) is 33.9 Å². The van der Waals surface area contributed by atoms with Crippen molar-refractivity contribution in [2.75, 3.05) is 0 Å². The number of amides is 1. The van der Waals surface area contributed by atoms with Gasteiger partial charge in [0, 0.05) is 52.8 Å². The maximum atomic E-state index is 15.4. The largest absolute Gasteiger partial charge is 0.508 e. The molecule has 42 heavy (non-hydrogen) atoms. The number of alkyl halides is 2. The maximum absolute atomic E-state index is 15.4. The maximum Gasteiger partial charge on any atom is 0.508 e. The molecule has 5 N–H and O–H groups in total. The first-order valence-electron chi connectivity index (χ1n) is 12.5. The number of imidazole rings is 1. The first-order valence-corrected chi connectivity index (χ1v) is 13.9. The summed E-state index contributed by atoms with van der Waals surface area (Å²) in [6.07, 6.45) is 4.52. The number of carbonyl (C=O) groups is 1. The molecule has 1 amide bonds. The number of rotatable bonds is 8. The number of nitrogens with two attached hydrogens (primary N) is 2. The third-order valence-corrected chi connectivity index (χ3v) is 8.38. The zero-order valence-corrected chi connectivity index (χ0v) is 22.8. The molecule has 0 spiro atoms. The SMILES string of the molecule is CC(C)(OP(=O)(ON)ON)c1ncc(-c2cn3c4c(nc3cc2F)[C@@H]2C[C@@H]4c3c(OC(F)F)cccc3C(=O)N2)cn1. The second kappa shape index (κ2) is 10.1. The lowest BCUT2D eigenvalue weighted by atomic mass is 9.91. The van der Waals surface area contributed by atoms with Gasteiger partial charge in [-0.25, -0.2) is 35.7 Å². The molecule has 3 aromatic heterocycles. The molecular weight excluding hydrogens is 582 g/mol. The molecule has 6 rings (SSSR count). The van der Waals surface area contributed by atoms with E-state index in [1.807, 2.05) is 0 Å². The quantitative estimate of drug-likeness (QED) is 0.195. The summed E-state index contributed by atoms with van der Waals surface area (Å²) < 4.78 is 74.3. The Labute approximate surface area is 235 Å². The normalized spacial score (nSPS) is 18.1. The number of nitrogens with zero attached hydrogens (tertiary/aromatic N) is 4. The van der Waals surface area contributed by atoms with Gasteiger partial charge in [-0.2, -0.15) is 18.0 Å². The van der Waals surface area contributed by atoms with Crippen LogP contribution in [0.2, 0.25) is 0 Å². The number of aromatic nitrogens is 4.